The van der Waals surface area contributed by atoms with Crippen LogP contribution in [0.2, 0.25) is 0 Å². The number of benzene rings is 3. The third kappa shape index (κ3) is 5.25. The first-order valence-electron chi connectivity index (χ1n) is 13.2. The number of para-hydroxylation sites is 1. The molecule has 2 aliphatic rings. The van der Waals surface area contributed by atoms with Crippen molar-refractivity contribution in [2.75, 3.05) is 10.6 Å². The van der Waals surface area contributed by atoms with Gasteiger partial charge in [-0.1, -0.05) is 48.5 Å². The van der Waals surface area contributed by atoms with E-state index >= 15 is 0 Å². The van der Waals surface area contributed by atoms with Crippen molar-refractivity contribution in [2.45, 2.75) is 31.7 Å². The Morgan fingerprint density at radius 1 is 0.905 bits per heavy atom. The first kappa shape index (κ1) is 31.1. The number of nitrogens with two attached hydrogens (primary N) is 1. The Balaban J connectivity index is 0.00000135. The van der Waals surface area contributed by atoms with Gasteiger partial charge >= 0.3 is 0 Å². The van der Waals surface area contributed by atoms with Gasteiger partial charge in [-0.05, 0) is 61.2 Å². The molecule has 1 aliphatic heterocycles. The summed E-state index contributed by atoms with van der Waals surface area (Å²) in [6, 6.07) is 28.6. The molecule has 1 saturated carbocycles. The highest BCUT2D eigenvalue weighted by atomic mass is 35.5. The van der Waals surface area contributed by atoms with Gasteiger partial charge in [0.05, 0.1) is 22.8 Å². The van der Waals surface area contributed by atoms with Gasteiger partial charge in [-0.2, -0.15) is 0 Å². The van der Waals surface area contributed by atoms with E-state index in [-0.39, 0.29) is 48.7 Å². The molecule has 0 bridgehead atoms. The molecule has 1 amide bonds. The van der Waals surface area contributed by atoms with Crippen LogP contribution in [0.5, 0.6) is 0 Å². The van der Waals surface area contributed by atoms with E-state index in [4.69, 9.17) is 10.7 Å². The fraction of sp³-hybridized carbons (Fsp3) is 0.156. The lowest BCUT2D eigenvalue weighted by atomic mass is 9.72. The number of carbonyl (C=O) groups is 1. The average molecular weight is 622 g/mol. The standard InChI is InChI=1S/C32H28N6O.3ClH/c1-20(39)35-24-15-11-21(12-16-24)28-29(22-9-13-23(14-10-22)32(33)17-5-18-32)38-27-8-4-19-34-30(27)36-26-7-3-2-6-25(26)31(38)37-28;;;/h2-4,6-16,19H,5,17-18,33H2,1H3,(H,34,36)(H,35,39);3*1H. The van der Waals surface area contributed by atoms with Crippen molar-refractivity contribution in [1.82, 2.24) is 14.5 Å². The molecular formula is C32H31Cl3N6O. The molecule has 7 nitrogen and oxygen atoms in total. The highest BCUT2D eigenvalue weighted by molar-refractivity contribution is 5.92. The lowest BCUT2D eigenvalue weighted by Gasteiger charge is -2.38. The summed E-state index contributed by atoms with van der Waals surface area (Å²) in [5, 5.41) is 6.37. The average Bonchev–Trinajstić information content (AvgIpc) is 3.26. The van der Waals surface area contributed by atoms with Crippen LogP contribution >= 0.6 is 37.2 Å². The normalized spacial score (nSPS) is 13.6. The minimum Gasteiger partial charge on any atom is -0.338 e. The van der Waals surface area contributed by atoms with Crippen molar-refractivity contribution >= 4 is 60.3 Å². The smallest absolute Gasteiger partial charge is 0.221 e. The summed E-state index contributed by atoms with van der Waals surface area (Å²) >= 11 is 0. The van der Waals surface area contributed by atoms with E-state index in [0.717, 1.165) is 69.6 Å². The second-order valence-corrected chi connectivity index (χ2v) is 10.4. The Morgan fingerprint density at radius 2 is 1.60 bits per heavy atom. The molecule has 0 saturated heterocycles. The molecule has 42 heavy (non-hydrogen) atoms. The Hall–Kier alpha value is -3.88. The van der Waals surface area contributed by atoms with Gasteiger partial charge in [-0.25, -0.2) is 9.97 Å². The maximum Gasteiger partial charge on any atom is 0.221 e. The zero-order valence-electron chi connectivity index (χ0n) is 22.8. The molecule has 0 spiro atoms. The zero-order valence-corrected chi connectivity index (χ0v) is 25.3. The fourth-order valence-corrected chi connectivity index (χ4v) is 5.61. The Labute approximate surface area is 263 Å². The lowest BCUT2D eigenvalue weighted by Crippen LogP contribution is -2.43. The summed E-state index contributed by atoms with van der Waals surface area (Å²) < 4.78 is 2.20. The number of imidazole rings is 1. The minimum absolute atomic E-state index is 0. The molecule has 0 unspecified atom stereocenters. The first-order valence-corrected chi connectivity index (χ1v) is 13.2. The second kappa shape index (κ2) is 12.2. The number of carbonyl (C=O) groups excluding carboxylic acids is 1. The number of aromatic nitrogens is 3. The zero-order chi connectivity index (χ0) is 26.6. The molecular weight excluding hydrogens is 591 g/mol. The predicted octanol–water partition coefficient (Wildman–Crippen LogP) is 7.89. The number of hydrogen-bond donors (Lipinski definition) is 3. The number of hydrogen-bond acceptors (Lipinski definition) is 5. The van der Waals surface area contributed by atoms with E-state index in [1.807, 2.05) is 48.5 Å². The van der Waals surface area contributed by atoms with Crippen LogP contribution in [0.15, 0.2) is 91.1 Å². The number of nitrogens with one attached hydrogen (secondary N) is 2. The SMILES string of the molecule is CC(=O)Nc1ccc(-c2nc3n(c2-c2ccc(C4(N)CCC4)cc2)-c2cccnc2Nc2ccccc2-3)cc1.Cl.Cl.Cl. The summed E-state index contributed by atoms with van der Waals surface area (Å²) in [6.45, 7) is 1.51. The summed E-state index contributed by atoms with van der Waals surface area (Å²) in [5.41, 5.74) is 15.0. The number of pyridine rings is 1. The molecule has 0 radical (unpaired) electrons. The topological polar surface area (TPSA) is 97.9 Å². The highest BCUT2D eigenvalue weighted by Crippen LogP contribution is 2.45. The monoisotopic (exact) mass is 620 g/mol. The van der Waals surface area contributed by atoms with E-state index in [0.29, 0.717) is 0 Å². The first-order chi connectivity index (χ1) is 19.0. The van der Waals surface area contributed by atoms with Gasteiger partial charge in [0.25, 0.3) is 0 Å². The van der Waals surface area contributed by atoms with Gasteiger partial charge in [0.1, 0.15) is 5.82 Å². The quantitative estimate of drug-likeness (QED) is 0.186. The lowest BCUT2D eigenvalue weighted by molar-refractivity contribution is -0.114. The van der Waals surface area contributed by atoms with Crippen molar-refractivity contribution in [3.8, 4) is 39.6 Å². The van der Waals surface area contributed by atoms with Crippen LogP contribution in [0.4, 0.5) is 17.2 Å². The summed E-state index contributed by atoms with van der Waals surface area (Å²) in [5.74, 6) is 1.50. The maximum absolute atomic E-state index is 11.6. The van der Waals surface area contributed by atoms with Crippen LogP contribution in [0.1, 0.15) is 31.7 Å². The van der Waals surface area contributed by atoms with Crippen molar-refractivity contribution in [1.29, 1.82) is 0 Å². The van der Waals surface area contributed by atoms with Crippen LogP contribution in [-0.4, -0.2) is 20.4 Å². The van der Waals surface area contributed by atoms with Gasteiger partial charge in [0.2, 0.25) is 5.91 Å². The second-order valence-electron chi connectivity index (χ2n) is 10.4. The van der Waals surface area contributed by atoms with E-state index in [1.165, 1.54) is 18.9 Å². The van der Waals surface area contributed by atoms with Crippen molar-refractivity contribution in [3.05, 3.63) is 96.7 Å². The van der Waals surface area contributed by atoms with Crippen LogP contribution in [0.3, 0.4) is 0 Å². The third-order valence-corrected chi connectivity index (χ3v) is 7.78. The molecule has 7 rings (SSSR count). The van der Waals surface area contributed by atoms with Crippen LogP contribution in [0, 0.1) is 0 Å². The van der Waals surface area contributed by atoms with Gasteiger partial charge in [0.15, 0.2) is 5.82 Å². The van der Waals surface area contributed by atoms with E-state index in [1.54, 1.807) is 6.20 Å². The number of anilines is 3. The molecule has 4 N–H and O–H groups in total. The van der Waals surface area contributed by atoms with Gasteiger partial charge < -0.3 is 16.4 Å². The predicted molar refractivity (Wildman–Crippen MR) is 177 cm³/mol. The third-order valence-electron chi connectivity index (χ3n) is 7.78. The van der Waals surface area contributed by atoms with E-state index in [2.05, 4.69) is 56.6 Å². The Bertz CT molecular complexity index is 1730. The molecule has 10 heteroatoms. The minimum atomic E-state index is -0.228. The maximum atomic E-state index is 11.6. The largest absolute Gasteiger partial charge is 0.338 e. The van der Waals surface area contributed by atoms with Crippen molar-refractivity contribution in [2.24, 2.45) is 5.73 Å². The molecule has 3 aromatic carbocycles. The number of rotatable bonds is 4. The summed E-state index contributed by atoms with van der Waals surface area (Å²) in [6.07, 6.45) is 5.00. The number of nitrogens with zero attached hydrogens (tertiary/aromatic N) is 3. The molecule has 216 valence electrons. The molecule has 3 heterocycles. The fourth-order valence-electron chi connectivity index (χ4n) is 5.61. The van der Waals surface area contributed by atoms with Gasteiger partial charge in [-0.15, -0.1) is 37.2 Å². The Kier molecular flexibility index (Phi) is 8.99. The van der Waals surface area contributed by atoms with Crippen LogP contribution in [0.25, 0.3) is 39.6 Å². The molecule has 1 fully saturated rings. The number of halogens is 3. The van der Waals surface area contributed by atoms with Crippen LogP contribution in [-0.2, 0) is 10.3 Å². The number of fused-ring (bicyclic) bond motifs is 5. The van der Waals surface area contributed by atoms with Gasteiger partial charge in [-0.3, -0.25) is 9.36 Å². The van der Waals surface area contributed by atoms with Crippen LogP contribution < -0.4 is 16.4 Å². The molecule has 1 aliphatic carbocycles. The summed E-state index contributed by atoms with van der Waals surface area (Å²) in [7, 11) is 0. The molecule has 5 aromatic rings. The molecule has 0 atom stereocenters. The number of amides is 1. The van der Waals surface area contributed by atoms with Gasteiger partial charge in [0, 0.05) is 41.0 Å². The summed E-state index contributed by atoms with van der Waals surface area (Å²) in [4.78, 5) is 21.5. The Morgan fingerprint density at radius 3 is 2.26 bits per heavy atom. The van der Waals surface area contributed by atoms with Crippen molar-refractivity contribution < 1.29 is 4.79 Å². The molecule has 2 aromatic heterocycles. The van der Waals surface area contributed by atoms with E-state index in [9.17, 15) is 4.79 Å². The van der Waals surface area contributed by atoms with Crippen molar-refractivity contribution in [3.63, 3.8) is 0 Å². The highest BCUT2D eigenvalue weighted by Gasteiger charge is 2.34. The van der Waals surface area contributed by atoms with E-state index < -0.39 is 0 Å².